The highest BCUT2D eigenvalue weighted by atomic mass is 35.5. The van der Waals surface area contributed by atoms with Crippen LogP contribution in [0.25, 0.3) is 0 Å². The third-order valence-corrected chi connectivity index (χ3v) is 0.500. The largest absolute Gasteiger partial charge is 0.317 e. The van der Waals surface area contributed by atoms with Crippen LogP contribution in [-0.4, -0.2) is 19.0 Å². The van der Waals surface area contributed by atoms with Crippen molar-refractivity contribution >= 4 is 11.6 Å². The first-order valence-corrected chi connectivity index (χ1v) is 3.63. The Kier molecular flexibility index (Phi) is 21.8. The Labute approximate surface area is 57.4 Å². The Balaban J connectivity index is 0. The summed E-state index contributed by atoms with van der Waals surface area (Å²) in [6.07, 6.45) is 0. The van der Waals surface area contributed by atoms with Gasteiger partial charge in [0.1, 0.15) is 0 Å². The fourth-order valence-electron chi connectivity index (χ4n) is 0.250. The topological polar surface area (TPSA) is 12.0 Å². The monoisotopic (exact) mass is 137 g/mol. The molecule has 0 heterocycles. The second-order valence-corrected chi connectivity index (χ2v) is 1.76. The molecule has 0 aromatic heterocycles. The summed E-state index contributed by atoms with van der Waals surface area (Å²) in [5.41, 5.74) is 0. The third-order valence-electron chi connectivity index (χ3n) is 0.500. The highest BCUT2D eigenvalue weighted by Gasteiger charge is 1.62. The van der Waals surface area contributed by atoms with Crippen LogP contribution in [0.5, 0.6) is 0 Å². The number of hydrogen-bond acceptors (Lipinski definition) is 1. The second kappa shape index (κ2) is 15.7. The van der Waals surface area contributed by atoms with Crippen molar-refractivity contribution in [1.29, 1.82) is 0 Å². The molecule has 0 aromatic carbocycles. The lowest BCUT2D eigenvalue weighted by Gasteiger charge is -1.86. The van der Waals surface area contributed by atoms with Gasteiger partial charge in [0, 0.05) is 5.88 Å². The van der Waals surface area contributed by atoms with Gasteiger partial charge in [0.15, 0.2) is 0 Å². The molecule has 0 amide bonds. The van der Waals surface area contributed by atoms with Gasteiger partial charge in [-0.1, -0.05) is 20.8 Å². The quantitative estimate of drug-likeness (QED) is 0.573. The first-order valence-electron chi connectivity index (χ1n) is 3.10. The second-order valence-electron chi connectivity index (χ2n) is 1.22. The lowest BCUT2D eigenvalue weighted by Crippen LogP contribution is -2.09. The Morgan fingerprint density at radius 3 is 1.38 bits per heavy atom. The summed E-state index contributed by atoms with van der Waals surface area (Å²) in [5, 5.41) is 3.11. The lowest BCUT2D eigenvalue weighted by atomic mass is 10.7. The summed E-state index contributed by atoms with van der Waals surface area (Å²) in [7, 11) is 0. The van der Waals surface area contributed by atoms with Gasteiger partial charge in [-0.05, 0) is 13.1 Å². The molecule has 1 nitrogen and oxygen atoms in total. The van der Waals surface area contributed by atoms with Crippen molar-refractivity contribution in [3.63, 3.8) is 0 Å². The predicted octanol–water partition coefficient (Wildman–Crippen LogP) is 1.86. The number of alkyl halides is 1. The maximum Gasteiger partial charge on any atom is 0.0195 e. The van der Waals surface area contributed by atoms with Gasteiger partial charge in [0.05, 0.1) is 0 Å². The Morgan fingerprint density at radius 1 is 1.12 bits per heavy atom. The van der Waals surface area contributed by atoms with Crippen molar-refractivity contribution in [3.8, 4) is 0 Å². The van der Waals surface area contributed by atoms with Crippen LogP contribution in [0.15, 0.2) is 0 Å². The highest BCUT2D eigenvalue weighted by Crippen LogP contribution is 1.59. The van der Waals surface area contributed by atoms with E-state index in [4.69, 9.17) is 11.6 Å². The van der Waals surface area contributed by atoms with Crippen LogP contribution < -0.4 is 5.32 Å². The molecule has 0 radical (unpaired) electrons. The summed E-state index contributed by atoms with van der Waals surface area (Å²) >= 11 is 5.00. The Morgan fingerprint density at radius 2 is 1.38 bits per heavy atom. The number of rotatable bonds is 2. The molecule has 1 N–H and O–H groups in total. The molecule has 52 valence electrons. The molecule has 0 fully saturated rings. The van der Waals surface area contributed by atoms with Gasteiger partial charge >= 0.3 is 0 Å². The normalized spacial score (nSPS) is 7.50. The van der Waals surface area contributed by atoms with Gasteiger partial charge in [-0.15, -0.1) is 11.6 Å². The van der Waals surface area contributed by atoms with Crippen molar-refractivity contribution in [3.05, 3.63) is 0 Å². The van der Waals surface area contributed by atoms with Crippen LogP contribution in [0.4, 0.5) is 0 Å². The Hall–Kier alpha value is 0.250. The van der Waals surface area contributed by atoms with E-state index in [2.05, 4.69) is 19.2 Å². The minimum absolute atomic E-state index is 0.722. The maximum atomic E-state index is 5.00. The molecule has 0 aromatic rings. The van der Waals surface area contributed by atoms with Crippen molar-refractivity contribution in [2.45, 2.75) is 20.8 Å². The number of nitrogens with one attached hydrogen (secondary N) is 1. The van der Waals surface area contributed by atoms with E-state index in [-0.39, 0.29) is 0 Å². The molecule has 0 aliphatic heterocycles. The average molecular weight is 138 g/mol. The van der Waals surface area contributed by atoms with Crippen molar-refractivity contribution < 1.29 is 0 Å². The summed E-state index contributed by atoms with van der Waals surface area (Å²) in [4.78, 5) is 0. The summed E-state index contributed by atoms with van der Waals surface area (Å²) in [6.45, 7) is 8.28. The van der Waals surface area contributed by atoms with E-state index in [0.29, 0.717) is 0 Å². The molecular formula is C6H16ClN. The fourth-order valence-corrected chi connectivity index (χ4v) is 0.250. The van der Waals surface area contributed by atoms with Gasteiger partial charge in [0.2, 0.25) is 0 Å². The zero-order valence-electron chi connectivity index (χ0n) is 6.00. The van der Waals surface area contributed by atoms with Crippen LogP contribution in [-0.2, 0) is 0 Å². The van der Waals surface area contributed by atoms with Crippen LogP contribution in [0, 0.1) is 0 Å². The van der Waals surface area contributed by atoms with E-state index in [1.807, 2.05) is 6.92 Å². The molecule has 8 heavy (non-hydrogen) atoms. The van der Waals surface area contributed by atoms with Crippen molar-refractivity contribution in [2.75, 3.05) is 19.0 Å². The smallest absolute Gasteiger partial charge is 0.0195 e. The van der Waals surface area contributed by atoms with Gasteiger partial charge in [0.25, 0.3) is 0 Å². The van der Waals surface area contributed by atoms with E-state index < -0.39 is 0 Å². The first kappa shape index (κ1) is 11.1. The molecule has 0 saturated heterocycles. The summed E-state index contributed by atoms with van der Waals surface area (Å²) < 4.78 is 0. The number of hydrogen-bond donors (Lipinski definition) is 1. The van der Waals surface area contributed by atoms with Crippen LogP contribution in [0.3, 0.4) is 0 Å². The summed E-state index contributed by atoms with van der Waals surface area (Å²) in [6, 6.07) is 0. The highest BCUT2D eigenvalue weighted by molar-refractivity contribution is 6.17. The zero-order valence-corrected chi connectivity index (χ0v) is 6.76. The molecule has 0 unspecified atom stereocenters. The van der Waals surface area contributed by atoms with E-state index >= 15 is 0 Å². The minimum atomic E-state index is 0.722. The van der Waals surface area contributed by atoms with Gasteiger partial charge in [-0.3, -0.25) is 0 Å². The zero-order chi connectivity index (χ0) is 6.83. The molecule has 0 bridgehead atoms. The number of halogens is 1. The van der Waals surface area contributed by atoms with Crippen LogP contribution in [0.1, 0.15) is 20.8 Å². The van der Waals surface area contributed by atoms with Gasteiger partial charge < -0.3 is 5.32 Å². The molecule has 0 atom stereocenters. The SMILES string of the molecule is CCCl.CCNCC. The van der Waals surface area contributed by atoms with Crippen LogP contribution >= 0.6 is 11.6 Å². The molecule has 0 rings (SSSR count). The van der Waals surface area contributed by atoms with Crippen molar-refractivity contribution in [1.82, 2.24) is 5.32 Å². The van der Waals surface area contributed by atoms with Crippen LogP contribution in [0.2, 0.25) is 0 Å². The van der Waals surface area contributed by atoms with Crippen molar-refractivity contribution in [2.24, 2.45) is 0 Å². The predicted molar refractivity (Wildman–Crippen MR) is 40.6 cm³/mol. The lowest BCUT2D eigenvalue weighted by molar-refractivity contribution is 0.762. The standard InChI is InChI=1S/C4H11N.C2H5Cl/c1-3-5-4-2;1-2-3/h5H,3-4H2,1-2H3;2H2,1H3. The average Bonchev–Trinajstić information content (AvgIpc) is 1.71. The molecule has 0 aliphatic carbocycles. The molecular weight excluding hydrogens is 122 g/mol. The summed E-state index contributed by atoms with van der Waals surface area (Å²) in [5.74, 6) is 0.722. The van der Waals surface area contributed by atoms with E-state index in [9.17, 15) is 0 Å². The minimum Gasteiger partial charge on any atom is -0.317 e. The van der Waals surface area contributed by atoms with Gasteiger partial charge in [-0.2, -0.15) is 0 Å². The van der Waals surface area contributed by atoms with E-state index in [1.165, 1.54) is 0 Å². The molecule has 0 spiro atoms. The van der Waals surface area contributed by atoms with E-state index in [1.54, 1.807) is 0 Å². The molecule has 0 aliphatic rings. The van der Waals surface area contributed by atoms with Gasteiger partial charge in [-0.25, -0.2) is 0 Å². The maximum absolute atomic E-state index is 5.00. The molecule has 2 heteroatoms. The Bertz CT molecular complexity index is 22.5. The first-order chi connectivity index (χ1) is 3.83. The molecule has 0 saturated carbocycles. The van der Waals surface area contributed by atoms with E-state index in [0.717, 1.165) is 19.0 Å². The third kappa shape index (κ3) is 34.0. The fraction of sp³-hybridized carbons (Fsp3) is 1.00.